The van der Waals surface area contributed by atoms with E-state index in [0.29, 0.717) is 16.0 Å². The molecule has 0 fully saturated rings. The normalized spacial score (nSPS) is 10.3. The number of halogens is 2. The Labute approximate surface area is 112 Å². The second-order valence-electron chi connectivity index (χ2n) is 2.85. The number of aromatic hydroxyl groups is 1. The van der Waals surface area contributed by atoms with Gasteiger partial charge in [0.05, 0.1) is 18.7 Å². The fourth-order valence-corrected chi connectivity index (χ4v) is 1.50. The fourth-order valence-electron chi connectivity index (χ4n) is 0.904. The second kappa shape index (κ2) is 7.39. The number of hydrogen-bond acceptors (Lipinski definition) is 5. The van der Waals surface area contributed by atoms with Gasteiger partial charge < -0.3 is 14.6 Å². The number of phenols is 1. The summed E-state index contributed by atoms with van der Waals surface area (Å²) in [6.07, 6.45) is 0. The maximum Gasteiger partial charge on any atom is 0.294 e. The van der Waals surface area contributed by atoms with Crippen LogP contribution in [-0.4, -0.2) is 38.3 Å². The molecule has 0 aliphatic rings. The molecule has 0 amide bonds. The highest BCUT2D eigenvalue weighted by Crippen LogP contribution is 2.38. The van der Waals surface area contributed by atoms with Gasteiger partial charge in [-0.15, -0.1) is 0 Å². The molecule has 0 heterocycles. The molecule has 0 atom stereocenters. The van der Waals surface area contributed by atoms with Crippen molar-refractivity contribution in [3.8, 4) is 17.2 Å². The summed E-state index contributed by atoms with van der Waals surface area (Å²) in [7, 11) is -1.27. The first-order chi connectivity index (χ1) is 8.25. The minimum absolute atomic E-state index is 0.138. The van der Waals surface area contributed by atoms with Gasteiger partial charge in [-0.2, -0.15) is 8.42 Å². The molecule has 0 bridgehead atoms. The number of alkyl halides is 1. The summed E-state index contributed by atoms with van der Waals surface area (Å²) in [6, 6.07) is 1.33. The highest BCUT2D eigenvalue weighted by molar-refractivity contribution is 9.10. The van der Waals surface area contributed by atoms with E-state index in [-0.39, 0.29) is 5.75 Å². The predicted molar refractivity (Wildman–Crippen MR) is 66.4 cm³/mol. The van der Waals surface area contributed by atoms with Crippen LogP contribution in [0.2, 0.25) is 0 Å². The van der Waals surface area contributed by atoms with Crippen molar-refractivity contribution in [2.75, 3.05) is 20.2 Å². The summed E-state index contributed by atoms with van der Waals surface area (Å²) in [5, 5.41) is 9.18. The van der Waals surface area contributed by atoms with Crippen molar-refractivity contribution in [3.63, 3.8) is 0 Å². The van der Waals surface area contributed by atoms with E-state index in [1.165, 1.54) is 13.2 Å². The molecule has 1 aromatic carbocycles. The first-order valence-corrected chi connectivity index (χ1v) is 6.77. The largest absolute Gasteiger partial charge is 0.508 e. The molecular weight excluding hydrogens is 335 g/mol. The zero-order valence-corrected chi connectivity index (χ0v) is 12.0. The molecule has 104 valence electrons. The van der Waals surface area contributed by atoms with Crippen molar-refractivity contribution in [2.45, 2.75) is 0 Å². The van der Waals surface area contributed by atoms with Gasteiger partial charge >= 0.3 is 0 Å². The third-order valence-corrected chi connectivity index (χ3v) is 2.42. The molecule has 0 aromatic heterocycles. The molecule has 1 rings (SSSR count). The van der Waals surface area contributed by atoms with Crippen LogP contribution >= 0.6 is 15.9 Å². The molecular formula is C9H12BrFO6S. The minimum atomic E-state index is -4.33. The molecule has 0 radical (unpaired) electrons. The molecule has 0 aliphatic carbocycles. The Morgan fingerprint density at radius 2 is 1.83 bits per heavy atom. The van der Waals surface area contributed by atoms with Crippen molar-refractivity contribution < 1.29 is 31.9 Å². The lowest BCUT2D eigenvalue weighted by atomic mass is 10.3. The number of benzene rings is 1. The van der Waals surface area contributed by atoms with Crippen LogP contribution in [0.5, 0.6) is 17.2 Å². The molecule has 0 saturated heterocycles. The maximum atomic E-state index is 10.7. The summed E-state index contributed by atoms with van der Waals surface area (Å²) in [6.45, 7) is 0. The fraction of sp³-hybridized carbons (Fsp3) is 0.333. The van der Waals surface area contributed by atoms with Crippen LogP contribution in [0.1, 0.15) is 0 Å². The standard InChI is InChI=1S/C8H9BrO3.CH3FO3S/c1-11-7-4-5(10)3-6(9)8(7)12-2;2-1-6(3,4)5/h3-4,10H,1-2H3;1H2,(H,3,4,5). The molecule has 0 unspecified atom stereocenters. The van der Waals surface area contributed by atoms with Crippen molar-refractivity contribution in [1.29, 1.82) is 0 Å². The van der Waals surface area contributed by atoms with E-state index in [9.17, 15) is 17.9 Å². The molecule has 0 aliphatic heterocycles. The third kappa shape index (κ3) is 6.03. The monoisotopic (exact) mass is 346 g/mol. The van der Waals surface area contributed by atoms with Gasteiger partial charge in [0.25, 0.3) is 10.1 Å². The van der Waals surface area contributed by atoms with Crippen molar-refractivity contribution >= 4 is 26.0 Å². The van der Waals surface area contributed by atoms with Crippen LogP contribution < -0.4 is 9.47 Å². The smallest absolute Gasteiger partial charge is 0.294 e. The Kier molecular flexibility index (Phi) is 6.96. The first kappa shape index (κ1) is 16.9. The highest BCUT2D eigenvalue weighted by Gasteiger charge is 2.09. The molecule has 0 saturated carbocycles. The van der Waals surface area contributed by atoms with E-state index in [0.717, 1.165) is 0 Å². The summed E-state index contributed by atoms with van der Waals surface area (Å²) in [5.41, 5.74) is 0. The van der Waals surface area contributed by atoms with Gasteiger partial charge in [-0.3, -0.25) is 4.55 Å². The van der Waals surface area contributed by atoms with Crippen molar-refractivity contribution in [3.05, 3.63) is 16.6 Å². The summed E-state index contributed by atoms with van der Waals surface area (Å²) in [5.74, 6) is 1.22. The lowest BCUT2D eigenvalue weighted by Crippen LogP contribution is -1.96. The molecule has 1 aromatic rings. The van der Waals surface area contributed by atoms with Crippen LogP contribution in [0.3, 0.4) is 0 Å². The molecule has 18 heavy (non-hydrogen) atoms. The van der Waals surface area contributed by atoms with E-state index in [1.54, 1.807) is 13.2 Å². The van der Waals surface area contributed by atoms with Crippen molar-refractivity contribution in [2.24, 2.45) is 0 Å². The summed E-state index contributed by atoms with van der Waals surface area (Å²) in [4.78, 5) is 0. The Morgan fingerprint density at radius 3 is 2.17 bits per heavy atom. The van der Waals surface area contributed by atoms with Crippen LogP contribution in [0, 0.1) is 0 Å². The first-order valence-electron chi connectivity index (χ1n) is 4.36. The van der Waals surface area contributed by atoms with E-state index in [2.05, 4.69) is 15.9 Å². The third-order valence-electron chi connectivity index (χ3n) is 1.56. The van der Waals surface area contributed by atoms with Gasteiger partial charge in [0.1, 0.15) is 5.75 Å². The summed E-state index contributed by atoms with van der Waals surface area (Å²) >= 11 is 3.23. The molecule has 9 heteroatoms. The van der Waals surface area contributed by atoms with Gasteiger partial charge in [-0.1, -0.05) is 0 Å². The van der Waals surface area contributed by atoms with Gasteiger partial charge in [0.2, 0.25) is 6.01 Å². The maximum absolute atomic E-state index is 10.7. The summed E-state index contributed by atoms with van der Waals surface area (Å²) < 4.78 is 47.1. The van der Waals surface area contributed by atoms with E-state index in [1.807, 2.05) is 0 Å². The Hall–Kier alpha value is -1.06. The van der Waals surface area contributed by atoms with Crippen LogP contribution in [0.4, 0.5) is 4.39 Å². The van der Waals surface area contributed by atoms with E-state index in [4.69, 9.17) is 14.0 Å². The zero-order valence-electron chi connectivity index (χ0n) is 9.55. The average Bonchev–Trinajstić information content (AvgIpc) is 2.28. The second-order valence-corrected chi connectivity index (χ2v) is 5.09. The van der Waals surface area contributed by atoms with Gasteiger partial charge in [-0.05, 0) is 22.0 Å². The van der Waals surface area contributed by atoms with Crippen LogP contribution in [-0.2, 0) is 10.1 Å². The van der Waals surface area contributed by atoms with Gasteiger partial charge in [-0.25, -0.2) is 4.39 Å². The number of ether oxygens (including phenoxy) is 2. The van der Waals surface area contributed by atoms with Gasteiger partial charge in [0.15, 0.2) is 11.5 Å². The van der Waals surface area contributed by atoms with Crippen molar-refractivity contribution in [1.82, 2.24) is 0 Å². The SMILES string of the molecule is COc1cc(O)cc(Br)c1OC.O=S(=O)(O)CF. The Morgan fingerprint density at radius 1 is 1.33 bits per heavy atom. The van der Waals surface area contributed by atoms with Crippen LogP contribution in [0.25, 0.3) is 0 Å². The van der Waals surface area contributed by atoms with E-state index >= 15 is 0 Å². The minimum Gasteiger partial charge on any atom is -0.508 e. The number of methoxy groups -OCH3 is 2. The topological polar surface area (TPSA) is 93.1 Å². The Bertz CT molecular complexity index is 490. The lowest BCUT2D eigenvalue weighted by Gasteiger charge is -2.09. The number of rotatable bonds is 3. The molecule has 6 nitrogen and oxygen atoms in total. The Balaban J connectivity index is 0.000000411. The van der Waals surface area contributed by atoms with Gasteiger partial charge in [0, 0.05) is 6.07 Å². The highest BCUT2D eigenvalue weighted by atomic mass is 79.9. The van der Waals surface area contributed by atoms with E-state index < -0.39 is 16.1 Å². The zero-order chi connectivity index (χ0) is 14.3. The number of phenolic OH excluding ortho intramolecular Hbond substituents is 1. The molecule has 2 N–H and O–H groups in total. The lowest BCUT2D eigenvalue weighted by molar-refractivity contribution is 0.349. The quantitative estimate of drug-likeness (QED) is 0.812. The molecule has 0 spiro atoms. The predicted octanol–water partition coefficient (Wildman–Crippen LogP) is 1.97. The van der Waals surface area contributed by atoms with Crippen LogP contribution in [0.15, 0.2) is 16.6 Å². The number of hydrogen-bond donors (Lipinski definition) is 2. The average molecular weight is 347 g/mol.